The number of rotatable bonds is 6. The van der Waals surface area contributed by atoms with E-state index in [2.05, 4.69) is 46.1 Å². The normalized spacial score (nSPS) is 17.9. The van der Waals surface area contributed by atoms with Crippen molar-refractivity contribution in [2.45, 2.75) is 64.5 Å². The number of H-pyrrole nitrogens is 1. The van der Waals surface area contributed by atoms with E-state index in [1.54, 1.807) is 18.0 Å². The molecule has 6 rings (SSSR count). The van der Waals surface area contributed by atoms with Gasteiger partial charge in [0.05, 0.1) is 24.5 Å². The predicted molar refractivity (Wildman–Crippen MR) is 146 cm³/mol. The van der Waals surface area contributed by atoms with Gasteiger partial charge in [-0.1, -0.05) is 13.8 Å². The van der Waals surface area contributed by atoms with E-state index in [9.17, 15) is 0 Å². The summed E-state index contributed by atoms with van der Waals surface area (Å²) in [5.74, 6) is 2.13. The highest BCUT2D eigenvalue weighted by Gasteiger charge is 2.27. The molecule has 0 unspecified atom stereocenters. The van der Waals surface area contributed by atoms with Crippen molar-refractivity contribution in [2.75, 3.05) is 38.3 Å². The number of pyridine rings is 2. The maximum Gasteiger partial charge on any atom is 0.197 e. The molecule has 37 heavy (non-hydrogen) atoms. The number of anilines is 1. The molecule has 0 radical (unpaired) electrons. The number of nitrogens with zero attached hydrogens (tertiary/aromatic N) is 5. The predicted octanol–water partition coefficient (Wildman–Crippen LogP) is 4.45. The molecule has 6 heterocycles. The van der Waals surface area contributed by atoms with Crippen molar-refractivity contribution in [1.29, 1.82) is 0 Å². The molecule has 2 fully saturated rings. The molecule has 4 aromatic heterocycles. The van der Waals surface area contributed by atoms with Crippen LogP contribution in [0.2, 0.25) is 0 Å². The minimum atomic E-state index is 0.324. The first-order chi connectivity index (χ1) is 18.0. The van der Waals surface area contributed by atoms with Gasteiger partial charge in [0.1, 0.15) is 12.1 Å². The Morgan fingerprint density at radius 3 is 2.59 bits per heavy atom. The first-order valence-corrected chi connectivity index (χ1v) is 13.5. The van der Waals surface area contributed by atoms with E-state index in [1.165, 1.54) is 16.5 Å². The zero-order chi connectivity index (χ0) is 25.5. The molecule has 2 N–H and O–H groups in total. The molecule has 0 spiro atoms. The first-order valence-electron chi connectivity index (χ1n) is 13.5. The number of aryl methyl sites for hydroxylation is 1. The first kappa shape index (κ1) is 24.2. The highest BCUT2D eigenvalue weighted by Crippen LogP contribution is 2.40. The van der Waals surface area contributed by atoms with E-state index >= 15 is 0 Å². The number of methoxy groups -OCH3 is 1. The molecule has 9 heteroatoms. The fourth-order valence-corrected chi connectivity index (χ4v) is 6.13. The van der Waals surface area contributed by atoms with Gasteiger partial charge in [-0.2, -0.15) is 5.10 Å². The number of piperidine rings is 1. The molecule has 2 saturated heterocycles. The van der Waals surface area contributed by atoms with Gasteiger partial charge in [0.25, 0.3) is 0 Å². The number of aromatic nitrogens is 5. The Morgan fingerprint density at radius 1 is 1.11 bits per heavy atom. The summed E-state index contributed by atoms with van der Waals surface area (Å²) < 4.78 is 12.9. The van der Waals surface area contributed by atoms with Crippen LogP contribution < -0.4 is 15.0 Å². The van der Waals surface area contributed by atoms with Crippen LogP contribution in [0.4, 0.5) is 5.82 Å². The largest absolute Gasteiger partial charge is 0.493 e. The summed E-state index contributed by atoms with van der Waals surface area (Å²) in [4.78, 5) is 15.4. The zero-order valence-electron chi connectivity index (χ0n) is 22.3. The summed E-state index contributed by atoms with van der Waals surface area (Å²) in [5, 5.41) is 9.52. The van der Waals surface area contributed by atoms with Crippen molar-refractivity contribution in [1.82, 2.24) is 29.9 Å². The van der Waals surface area contributed by atoms with E-state index in [4.69, 9.17) is 14.5 Å². The van der Waals surface area contributed by atoms with Crippen LogP contribution in [0.5, 0.6) is 5.75 Å². The van der Waals surface area contributed by atoms with Gasteiger partial charge >= 0.3 is 0 Å². The van der Waals surface area contributed by atoms with Crippen LogP contribution >= 0.6 is 0 Å². The Morgan fingerprint density at radius 2 is 1.86 bits per heavy atom. The van der Waals surface area contributed by atoms with Gasteiger partial charge in [0.15, 0.2) is 11.4 Å². The topological polar surface area (TPSA) is 92.6 Å². The number of hydrogen-bond donors (Lipinski definition) is 2. The van der Waals surface area contributed by atoms with Crippen molar-refractivity contribution >= 4 is 22.4 Å². The molecule has 9 nitrogen and oxygen atoms in total. The van der Waals surface area contributed by atoms with Gasteiger partial charge in [-0.05, 0) is 50.2 Å². The molecule has 0 amide bonds. The molecule has 0 aliphatic carbocycles. The molecular formula is C28H37N7O2. The molecular weight excluding hydrogens is 466 g/mol. The number of ether oxygens (including phenoxy) is 2. The third-order valence-electron chi connectivity index (χ3n) is 8.01. The smallest absolute Gasteiger partial charge is 0.197 e. The molecule has 2 aliphatic rings. The summed E-state index contributed by atoms with van der Waals surface area (Å²) in [6, 6.07) is 3.22. The highest BCUT2D eigenvalue weighted by molar-refractivity contribution is 5.95. The molecule has 0 atom stereocenters. The van der Waals surface area contributed by atoms with E-state index in [0.717, 1.165) is 74.6 Å². The lowest BCUT2D eigenvalue weighted by Gasteiger charge is -2.36. The lowest BCUT2D eigenvalue weighted by molar-refractivity contribution is 0.0738. The van der Waals surface area contributed by atoms with Crippen LogP contribution in [0.3, 0.4) is 0 Å². The van der Waals surface area contributed by atoms with Gasteiger partial charge in [0, 0.05) is 61.1 Å². The number of fused-ring (bicyclic) bond motifs is 2. The van der Waals surface area contributed by atoms with Crippen molar-refractivity contribution in [2.24, 2.45) is 0 Å². The summed E-state index contributed by atoms with van der Waals surface area (Å²) in [5.41, 5.74) is 6.43. The summed E-state index contributed by atoms with van der Waals surface area (Å²) in [7, 11) is 1.67. The van der Waals surface area contributed by atoms with Crippen LogP contribution in [0.15, 0.2) is 24.8 Å². The van der Waals surface area contributed by atoms with E-state index < -0.39 is 0 Å². The third kappa shape index (κ3) is 4.44. The average Bonchev–Trinajstić information content (AvgIpc) is 3.55. The lowest BCUT2D eigenvalue weighted by atomic mass is 9.94. The van der Waals surface area contributed by atoms with Crippen molar-refractivity contribution < 1.29 is 9.47 Å². The Kier molecular flexibility index (Phi) is 6.50. The van der Waals surface area contributed by atoms with E-state index in [1.807, 2.05) is 18.5 Å². The van der Waals surface area contributed by atoms with Gasteiger partial charge in [-0.3, -0.25) is 0 Å². The molecule has 4 aromatic rings. The Hall–Kier alpha value is -3.17. The standard InChI is InChI=1S/C28H37N7O2/c1-17(2)24-25-18(3)27(34-9-5-20(6-10-34)32-21-7-11-37-12-8-21)29-14-22(25)33-26(24)19-13-23(36-4)28-30-16-31-35(28)15-19/h13-17,20-21,32-33H,5-12H2,1-4H3. The van der Waals surface area contributed by atoms with Gasteiger partial charge in [-0.15, -0.1) is 0 Å². The van der Waals surface area contributed by atoms with Crippen LogP contribution in [-0.4, -0.2) is 70.1 Å². The second kappa shape index (κ2) is 9.95. The SMILES string of the molecule is COc1cc(-c2[nH]c3cnc(N4CCC(NC5CCOCC5)CC4)c(C)c3c2C(C)C)cn2ncnc12. The molecule has 0 aromatic carbocycles. The Balaban J connectivity index is 1.31. The maximum atomic E-state index is 5.63. The van der Waals surface area contributed by atoms with Crippen LogP contribution in [-0.2, 0) is 4.74 Å². The van der Waals surface area contributed by atoms with Crippen LogP contribution in [0, 0.1) is 6.92 Å². The second-order valence-electron chi connectivity index (χ2n) is 10.7. The number of nitrogens with one attached hydrogen (secondary N) is 2. The fourth-order valence-electron chi connectivity index (χ4n) is 6.13. The van der Waals surface area contributed by atoms with Crippen molar-refractivity contribution in [3.8, 4) is 17.0 Å². The second-order valence-corrected chi connectivity index (χ2v) is 10.7. The summed E-state index contributed by atoms with van der Waals surface area (Å²) in [6.45, 7) is 10.5. The van der Waals surface area contributed by atoms with Crippen molar-refractivity contribution in [3.63, 3.8) is 0 Å². The van der Waals surface area contributed by atoms with E-state index in [-0.39, 0.29) is 0 Å². The van der Waals surface area contributed by atoms with Gasteiger partial charge < -0.3 is 24.7 Å². The number of hydrogen-bond acceptors (Lipinski definition) is 7. The molecule has 0 saturated carbocycles. The molecule has 2 aliphatic heterocycles. The number of aromatic amines is 1. The quantitative estimate of drug-likeness (QED) is 0.402. The third-order valence-corrected chi connectivity index (χ3v) is 8.01. The summed E-state index contributed by atoms with van der Waals surface area (Å²) >= 11 is 0. The highest BCUT2D eigenvalue weighted by atomic mass is 16.5. The minimum Gasteiger partial charge on any atom is -0.493 e. The van der Waals surface area contributed by atoms with Crippen molar-refractivity contribution in [3.05, 3.63) is 35.9 Å². The van der Waals surface area contributed by atoms with Crippen LogP contribution in [0.1, 0.15) is 56.6 Å². The van der Waals surface area contributed by atoms with Gasteiger partial charge in [-0.25, -0.2) is 14.5 Å². The fraction of sp³-hybridized carbons (Fsp3) is 0.536. The van der Waals surface area contributed by atoms with Gasteiger partial charge in [0.2, 0.25) is 0 Å². The Bertz CT molecular complexity index is 1390. The summed E-state index contributed by atoms with van der Waals surface area (Å²) in [6.07, 6.45) is 10.1. The van der Waals surface area contributed by atoms with Crippen LogP contribution in [0.25, 0.3) is 27.8 Å². The monoisotopic (exact) mass is 503 g/mol. The maximum absolute atomic E-state index is 5.63. The Labute approximate surface area is 217 Å². The zero-order valence-corrected chi connectivity index (χ0v) is 22.3. The molecule has 0 bridgehead atoms. The average molecular weight is 504 g/mol. The minimum absolute atomic E-state index is 0.324. The van der Waals surface area contributed by atoms with E-state index in [0.29, 0.717) is 29.4 Å². The molecule has 196 valence electrons. The lowest BCUT2D eigenvalue weighted by Crippen LogP contribution is -2.48.